The summed E-state index contributed by atoms with van der Waals surface area (Å²) in [5.74, 6) is 4.80. The number of hydrogen-bond donors (Lipinski definition) is 0. The highest BCUT2D eigenvalue weighted by molar-refractivity contribution is 6.83. The highest BCUT2D eigenvalue weighted by Gasteiger charge is 2.39. The predicted octanol–water partition coefficient (Wildman–Crippen LogP) is 7.84. The Bertz CT molecular complexity index is 942. The fraction of sp³-hybridized carbons (Fsp3) is 0.645. The molecule has 0 bridgehead atoms. The molecule has 3 aliphatic rings. The maximum absolute atomic E-state index is 14.8. The monoisotopic (exact) mass is 493 g/mol. The van der Waals surface area contributed by atoms with Crippen molar-refractivity contribution in [3.63, 3.8) is 0 Å². The van der Waals surface area contributed by atoms with Gasteiger partial charge in [-0.25, -0.2) is 4.39 Å². The van der Waals surface area contributed by atoms with Gasteiger partial charge in [0.2, 0.25) is 5.91 Å². The van der Waals surface area contributed by atoms with Gasteiger partial charge in [0, 0.05) is 30.1 Å². The van der Waals surface area contributed by atoms with Crippen LogP contribution in [0, 0.1) is 35.0 Å². The first kappa shape index (κ1) is 26.2. The predicted molar refractivity (Wildman–Crippen MR) is 147 cm³/mol. The number of carbonyl (C=O) groups is 1. The van der Waals surface area contributed by atoms with Crippen LogP contribution in [0.15, 0.2) is 23.8 Å². The smallest absolute Gasteiger partial charge is 0.226 e. The summed E-state index contributed by atoms with van der Waals surface area (Å²) >= 11 is 0. The number of carbonyl (C=O) groups excluding carboxylic acids is 1. The van der Waals surface area contributed by atoms with Crippen LogP contribution in [0.4, 0.5) is 4.39 Å². The first-order valence-corrected chi connectivity index (χ1v) is 17.6. The van der Waals surface area contributed by atoms with Crippen molar-refractivity contribution in [1.82, 2.24) is 4.90 Å². The molecule has 2 saturated carbocycles. The van der Waals surface area contributed by atoms with Crippen molar-refractivity contribution >= 4 is 20.1 Å². The van der Waals surface area contributed by atoms with E-state index in [1.54, 1.807) is 6.07 Å². The lowest BCUT2D eigenvalue weighted by Gasteiger charge is -2.40. The molecule has 1 aromatic carbocycles. The van der Waals surface area contributed by atoms with E-state index in [1.807, 2.05) is 18.2 Å². The van der Waals surface area contributed by atoms with Gasteiger partial charge in [-0.1, -0.05) is 81.8 Å². The molecular weight excluding hydrogens is 449 g/mol. The van der Waals surface area contributed by atoms with Crippen LogP contribution in [0.5, 0.6) is 0 Å². The van der Waals surface area contributed by atoms with Gasteiger partial charge < -0.3 is 4.90 Å². The van der Waals surface area contributed by atoms with Gasteiger partial charge in [-0.15, -0.1) is 5.54 Å². The van der Waals surface area contributed by atoms with Gasteiger partial charge in [-0.3, -0.25) is 4.79 Å². The third-order valence-electron chi connectivity index (χ3n) is 8.26. The van der Waals surface area contributed by atoms with Crippen LogP contribution in [0.25, 0.3) is 6.08 Å². The Kier molecular flexibility index (Phi) is 8.92. The van der Waals surface area contributed by atoms with Crippen LogP contribution in [0.2, 0.25) is 19.6 Å². The third-order valence-corrected chi connectivity index (χ3v) is 9.13. The van der Waals surface area contributed by atoms with Gasteiger partial charge in [-0.2, -0.15) is 0 Å². The number of nitrogens with zero attached hydrogens (tertiary/aromatic N) is 1. The summed E-state index contributed by atoms with van der Waals surface area (Å²) in [6.07, 6.45) is 16.5. The first-order chi connectivity index (χ1) is 16.8. The van der Waals surface area contributed by atoms with Crippen LogP contribution in [0.1, 0.15) is 88.2 Å². The maximum atomic E-state index is 14.8. The number of piperidine rings is 1. The molecule has 0 N–H and O–H groups in total. The maximum Gasteiger partial charge on any atom is 0.226 e. The minimum absolute atomic E-state index is 0.201. The quantitative estimate of drug-likeness (QED) is 0.309. The zero-order chi connectivity index (χ0) is 24.8. The summed E-state index contributed by atoms with van der Waals surface area (Å²) in [5.41, 5.74) is 5.95. The Morgan fingerprint density at radius 3 is 2.06 bits per heavy atom. The van der Waals surface area contributed by atoms with Crippen LogP contribution in [0.3, 0.4) is 0 Å². The number of hydrogen-bond acceptors (Lipinski definition) is 1. The van der Waals surface area contributed by atoms with E-state index in [9.17, 15) is 9.18 Å². The van der Waals surface area contributed by atoms with E-state index in [2.05, 4.69) is 36.0 Å². The van der Waals surface area contributed by atoms with Crippen molar-refractivity contribution in [2.24, 2.45) is 17.8 Å². The zero-order valence-electron chi connectivity index (χ0n) is 22.2. The third kappa shape index (κ3) is 7.32. The Morgan fingerprint density at radius 2 is 1.54 bits per heavy atom. The van der Waals surface area contributed by atoms with E-state index >= 15 is 0 Å². The SMILES string of the molecule is C[Si](C)(C)C#Cc1ccc(C=C2CCN(C(=O)C(C3CCCCC3)C3CCCCC3)CC2)c(F)c1. The van der Waals surface area contributed by atoms with E-state index in [0.717, 1.165) is 31.5 Å². The van der Waals surface area contributed by atoms with Crippen molar-refractivity contribution in [2.75, 3.05) is 13.1 Å². The Labute approximate surface area is 213 Å². The zero-order valence-corrected chi connectivity index (χ0v) is 23.2. The van der Waals surface area contributed by atoms with Gasteiger partial charge in [0.25, 0.3) is 0 Å². The minimum Gasteiger partial charge on any atom is -0.342 e. The lowest BCUT2D eigenvalue weighted by Crippen LogP contribution is -2.45. The van der Waals surface area contributed by atoms with E-state index in [1.165, 1.54) is 69.8 Å². The lowest BCUT2D eigenvalue weighted by molar-refractivity contribution is -0.141. The van der Waals surface area contributed by atoms with Crippen LogP contribution >= 0.6 is 0 Å². The second-order valence-electron chi connectivity index (χ2n) is 12.2. The van der Waals surface area contributed by atoms with E-state index < -0.39 is 8.07 Å². The number of benzene rings is 1. The summed E-state index contributed by atoms with van der Waals surface area (Å²) in [7, 11) is -1.48. The topological polar surface area (TPSA) is 20.3 Å². The summed E-state index contributed by atoms with van der Waals surface area (Å²) in [6.45, 7) is 8.14. The molecule has 1 aromatic rings. The highest BCUT2D eigenvalue weighted by atomic mass is 28.3. The largest absolute Gasteiger partial charge is 0.342 e. The average molecular weight is 494 g/mol. The normalized spacial score (nSPS) is 20.5. The number of likely N-dealkylation sites (tertiary alicyclic amines) is 1. The molecule has 1 aliphatic heterocycles. The molecule has 190 valence electrons. The first-order valence-electron chi connectivity index (χ1n) is 14.1. The molecule has 4 rings (SSSR count). The van der Waals surface area contributed by atoms with Crippen molar-refractivity contribution < 1.29 is 9.18 Å². The van der Waals surface area contributed by atoms with E-state index in [0.29, 0.717) is 23.3 Å². The van der Waals surface area contributed by atoms with Gasteiger partial charge in [0.1, 0.15) is 13.9 Å². The highest BCUT2D eigenvalue weighted by Crippen LogP contribution is 2.41. The fourth-order valence-corrected chi connectivity index (χ4v) is 6.87. The minimum atomic E-state index is -1.48. The molecule has 3 fully saturated rings. The van der Waals surface area contributed by atoms with Crippen molar-refractivity contribution in [1.29, 1.82) is 0 Å². The van der Waals surface area contributed by atoms with Crippen molar-refractivity contribution in [3.8, 4) is 11.5 Å². The second-order valence-corrected chi connectivity index (χ2v) is 16.9. The number of rotatable bonds is 4. The molecule has 0 spiro atoms. The number of halogens is 1. The Hall–Kier alpha value is -1.86. The molecule has 0 radical (unpaired) electrons. The van der Waals surface area contributed by atoms with Gasteiger partial charge in [0.05, 0.1) is 0 Å². The molecule has 1 heterocycles. The Balaban J connectivity index is 1.40. The summed E-state index contributed by atoms with van der Waals surface area (Å²) in [6, 6.07) is 5.35. The van der Waals surface area contributed by atoms with Crippen molar-refractivity contribution in [3.05, 3.63) is 40.7 Å². The number of amides is 1. The summed E-state index contributed by atoms with van der Waals surface area (Å²) in [4.78, 5) is 16.0. The molecule has 1 saturated heterocycles. The van der Waals surface area contributed by atoms with Gasteiger partial charge >= 0.3 is 0 Å². The van der Waals surface area contributed by atoms with Crippen molar-refractivity contribution in [2.45, 2.75) is 96.7 Å². The summed E-state index contributed by atoms with van der Waals surface area (Å²) in [5, 5.41) is 0. The molecule has 0 aromatic heterocycles. The van der Waals surface area contributed by atoms with Gasteiger partial charge in [0.15, 0.2) is 0 Å². The van der Waals surface area contributed by atoms with Crippen LogP contribution in [-0.4, -0.2) is 32.0 Å². The molecule has 35 heavy (non-hydrogen) atoms. The van der Waals surface area contributed by atoms with E-state index in [4.69, 9.17) is 0 Å². The van der Waals surface area contributed by atoms with Crippen LogP contribution in [-0.2, 0) is 4.79 Å². The molecule has 2 aliphatic carbocycles. The average Bonchev–Trinajstić information content (AvgIpc) is 2.86. The van der Waals surface area contributed by atoms with Crippen LogP contribution < -0.4 is 0 Å². The standard InChI is InChI=1S/C31H44FNOSi/c1-35(2,3)21-18-24-14-15-28(29(32)23-24)22-25-16-19-33(20-17-25)31(34)30(26-10-6-4-7-11-26)27-12-8-5-9-13-27/h14-15,22-23,26-27,30H,4-13,16-17,19-20H2,1-3H3. The molecule has 0 atom stereocenters. The molecular formula is C31H44FNOSi. The van der Waals surface area contributed by atoms with Gasteiger partial charge in [-0.05, 0) is 62.5 Å². The molecule has 0 unspecified atom stereocenters. The molecule has 1 amide bonds. The van der Waals surface area contributed by atoms with E-state index in [-0.39, 0.29) is 11.7 Å². The fourth-order valence-electron chi connectivity index (χ4n) is 6.35. The second kappa shape index (κ2) is 11.9. The summed E-state index contributed by atoms with van der Waals surface area (Å²) < 4.78 is 14.8. The lowest BCUT2D eigenvalue weighted by atomic mass is 9.69. The molecule has 2 nitrogen and oxygen atoms in total. The Morgan fingerprint density at radius 1 is 0.971 bits per heavy atom. The molecule has 4 heteroatoms.